The highest BCUT2D eigenvalue weighted by atomic mass is 79.9. The molecule has 0 saturated carbocycles. The van der Waals surface area contributed by atoms with E-state index >= 15 is 0 Å². The van der Waals surface area contributed by atoms with E-state index in [-0.39, 0.29) is 22.4 Å². The molecule has 0 aliphatic carbocycles. The van der Waals surface area contributed by atoms with E-state index in [1.165, 1.54) is 30.1 Å². The fourth-order valence-corrected chi connectivity index (χ4v) is 4.16. The van der Waals surface area contributed by atoms with Gasteiger partial charge in [0.2, 0.25) is 0 Å². The highest BCUT2D eigenvalue weighted by molar-refractivity contribution is 9.10. The Balaban J connectivity index is 1.48. The number of aromatic nitrogens is 4. The molecule has 13 heteroatoms. The molecule has 0 saturated heterocycles. The van der Waals surface area contributed by atoms with Crippen molar-refractivity contribution in [1.29, 1.82) is 0 Å². The van der Waals surface area contributed by atoms with Crippen LogP contribution in [-0.4, -0.2) is 42.5 Å². The number of halogens is 2. The lowest BCUT2D eigenvalue weighted by atomic mass is 10.2. The Morgan fingerprint density at radius 3 is 2.63 bits per heavy atom. The van der Waals surface area contributed by atoms with E-state index in [2.05, 4.69) is 41.6 Å². The summed E-state index contributed by atoms with van der Waals surface area (Å²) in [5, 5.41) is 24.0. The molecule has 0 unspecified atom stereocenters. The Kier molecular flexibility index (Phi) is 7.85. The van der Waals surface area contributed by atoms with Crippen molar-refractivity contribution in [2.24, 2.45) is 5.10 Å². The molecule has 4 aromatic rings. The Labute approximate surface area is 216 Å². The molecule has 0 aliphatic heterocycles. The minimum Gasteiger partial charge on any atom is -0.272 e. The van der Waals surface area contributed by atoms with Crippen LogP contribution in [0.25, 0.3) is 17.1 Å². The van der Waals surface area contributed by atoms with Crippen molar-refractivity contribution < 1.29 is 9.72 Å². The number of nitro groups is 1. The van der Waals surface area contributed by atoms with Gasteiger partial charge in [0.25, 0.3) is 11.6 Å². The van der Waals surface area contributed by atoms with Gasteiger partial charge in [0.1, 0.15) is 5.02 Å². The zero-order valence-electron chi connectivity index (χ0n) is 17.7. The van der Waals surface area contributed by atoms with Crippen molar-refractivity contribution in [3.63, 3.8) is 0 Å². The topological polar surface area (TPSA) is 128 Å². The molecular weight excluding hydrogens is 558 g/mol. The van der Waals surface area contributed by atoms with E-state index in [4.69, 9.17) is 11.6 Å². The van der Waals surface area contributed by atoms with Crippen molar-refractivity contribution >= 4 is 57.1 Å². The average Bonchev–Trinajstić information content (AvgIpc) is 3.28. The van der Waals surface area contributed by atoms with E-state index in [1.807, 2.05) is 41.0 Å². The number of nitro benzene ring substituents is 1. The average molecular weight is 573 g/mol. The SMILES string of the molecule is O=C(CSc1nnc(-c2ccncc2)n1-c1ccc(Br)cc1)N/N=C/c1ccc(Cl)c([N+](=O)[O-])c1. The summed E-state index contributed by atoms with van der Waals surface area (Å²) in [6, 6.07) is 15.5. The number of nitrogens with one attached hydrogen (secondary N) is 1. The first-order chi connectivity index (χ1) is 16.9. The maximum Gasteiger partial charge on any atom is 0.288 e. The summed E-state index contributed by atoms with van der Waals surface area (Å²) in [6.45, 7) is 0. The number of hydrazone groups is 1. The fraction of sp³-hybridized carbons (Fsp3) is 0.0455. The lowest BCUT2D eigenvalue weighted by Gasteiger charge is -2.10. The standard InChI is InChI=1S/C22H15BrClN7O3S/c23-16-2-4-17(5-3-16)30-21(15-7-9-25-10-8-15)28-29-22(30)35-13-20(32)27-26-12-14-1-6-18(24)19(11-14)31(33)34/h1-12H,13H2,(H,27,32)/b26-12+. The van der Waals surface area contributed by atoms with Crippen LogP contribution >= 0.6 is 39.3 Å². The van der Waals surface area contributed by atoms with Gasteiger partial charge in [-0.2, -0.15) is 5.10 Å². The van der Waals surface area contributed by atoms with Crippen LogP contribution in [0.4, 0.5) is 5.69 Å². The van der Waals surface area contributed by atoms with Crippen molar-refractivity contribution in [2.75, 3.05) is 5.75 Å². The molecule has 0 atom stereocenters. The zero-order chi connectivity index (χ0) is 24.8. The Hall–Kier alpha value is -3.61. The smallest absolute Gasteiger partial charge is 0.272 e. The summed E-state index contributed by atoms with van der Waals surface area (Å²) in [5.41, 5.74) is 4.24. The largest absolute Gasteiger partial charge is 0.288 e. The second-order valence-corrected chi connectivity index (χ2v) is 9.17. The molecule has 2 aromatic carbocycles. The van der Waals surface area contributed by atoms with Crippen molar-refractivity contribution in [3.05, 3.63) is 92.2 Å². The van der Waals surface area contributed by atoms with Crippen LogP contribution in [-0.2, 0) is 4.79 Å². The quantitative estimate of drug-likeness (QED) is 0.138. The van der Waals surface area contributed by atoms with Gasteiger partial charge in [-0.3, -0.25) is 24.5 Å². The second-order valence-electron chi connectivity index (χ2n) is 6.90. The number of carbonyl (C=O) groups excluding carboxylic acids is 1. The molecule has 1 amide bonds. The summed E-state index contributed by atoms with van der Waals surface area (Å²) >= 11 is 10.4. The third kappa shape index (κ3) is 6.10. The fourth-order valence-electron chi connectivity index (χ4n) is 2.97. The van der Waals surface area contributed by atoms with E-state index in [0.29, 0.717) is 16.5 Å². The Morgan fingerprint density at radius 1 is 1.17 bits per heavy atom. The van der Waals surface area contributed by atoms with Gasteiger partial charge in [-0.25, -0.2) is 5.43 Å². The van der Waals surface area contributed by atoms with Crippen LogP contribution in [0.5, 0.6) is 0 Å². The van der Waals surface area contributed by atoms with Crippen LogP contribution in [0.1, 0.15) is 5.56 Å². The number of nitrogens with zero attached hydrogens (tertiary/aromatic N) is 6. The van der Waals surface area contributed by atoms with E-state index in [1.54, 1.807) is 18.5 Å². The van der Waals surface area contributed by atoms with Gasteiger partial charge < -0.3 is 0 Å². The predicted octanol–water partition coefficient (Wildman–Crippen LogP) is 4.90. The van der Waals surface area contributed by atoms with Gasteiger partial charge in [0.05, 0.1) is 16.9 Å². The minimum atomic E-state index is -0.587. The van der Waals surface area contributed by atoms with E-state index in [9.17, 15) is 14.9 Å². The zero-order valence-corrected chi connectivity index (χ0v) is 20.9. The molecule has 2 heterocycles. The summed E-state index contributed by atoms with van der Waals surface area (Å²) in [7, 11) is 0. The monoisotopic (exact) mass is 571 g/mol. The molecule has 4 rings (SSSR count). The summed E-state index contributed by atoms with van der Waals surface area (Å²) in [4.78, 5) is 26.8. The van der Waals surface area contributed by atoms with Gasteiger partial charge in [-0.05, 0) is 42.5 Å². The van der Waals surface area contributed by atoms with Gasteiger partial charge in [-0.15, -0.1) is 10.2 Å². The number of hydrogen-bond acceptors (Lipinski definition) is 8. The van der Waals surface area contributed by atoms with Gasteiger partial charge >= 0.3 is 0 Å². The first-order valence-electron chi connectivity index (χ1n) is 9.93. The molecule has 0 aliphatic rings. The number of carbonyl (C=O) groups is 1. The maximum absolute atomic E-state index is 12.4. The molecule has 0 radical (unpaired) electrons. The van der Waals surface area contributed by atoms with E-state index in [0.717, 1.165) is 15.7 Å². The number of pyridine rings is 1. The summed E-state index contributed by atoms with van der Waals surface area (Å²) in [6.07, 6.45) is 4.64. The molecule has 10 nitrogen and oxygen atoms in total. The van der Waals surface area contributed by atoms with Gasteiger partial charge in [0, 0.05) is 39.7 Å². The molecule has 1 N–H and O–H groups in total. The maximum atomic E-state index is 12.4. The van der Waals surface area contributed by atoms with Gasteiger partial charge in [-0.1, -0.05) is 45.4 Å². The number of benzene rings is 2. The molecule has 0 bridgehead atoms. The summed E-state index contributed by atoms with van der Waals surface area (Å²) in [5.74, 6) is 0.244. The third-order valence-corrected chi connectivity index (χ3v) is 6.34. The Bertz CT molecular complexity index is 1400. The van der Waals surface area contributed by atoms with Crippen molar-refractivity contribution in [2.45, 2.75) is 5.16 Å². The van der Waals surface area contributed by atoms with E-state index < -0.39 is 4.92 Å². The normalized spacial score (nSPS) is 11.0. The number of amides is 1. The molecule has 176 valence electrons. The first-order valence-corrected chi connectivity index (χ1v) is 12.1. The highest BCUT2D eigenvalue weighted by Gasteiger charge is 2.17. The second kappa shape index (κ2) is 11.2. The molecule has 0 spiro atoms. The minimum absolute atomic E-state index is 0.0170. The van der Waals surface area contributed by atoms with Crippen LogP contribution in [0, 0.1) is 10.1 Å². The number of hydrogen-bond donors (Lipinski definition) is 1. The van der Waals surface area contributed by atoms with Crippen LogP contribution < -0.4 is 5.43 Å². The lowest BCUT2D eigenvalue weighted by Crippen LogP contribution is -2.20. The predicted molar refractivity (Wildman–Crippen MR) is 137 cm³/mol. The van der Waals surface area contributed by atoms with Crippen LogP contribution in [0.2, 0.25) is 5.02 Å². The molecule has 2 aromatic heterocycles. The number of rotatable bonds is 8. The van der Waals surface area contributed by atoms with Crippen LogP contribution in [0.3, 0.4) is 0 Å². The Morgan fingerprint density at radius 2 is 1.91 bits per heavy atom. The van der Waals surface area contributed by atoms with Gasteiger partial charge in [0.15, 0.2) is 11.0 Å². The van der Waals surface area contributed by atoms with Crippen molar-refractivity contribution in [1.82, 2.24) is 25.2 Å². The van der Waals surface area contributed by atoms with Crippen LogP contribution in [0.15, 0.2) is 81.7 Å². The molecular formula is C22H15BrClN7O3S. The number of thioether (sulfide) groups is 1. The van der Waals surface area contributed by atoms with Crippen molar-refractivity contribution in [3.8, 4) is 17.1 Å². The molecule has 35 heavy (non-hydrogen) atoms. The third-order valence-electron chi connectivity index (χ3n) is 4.56. The first kappa shape index (κ1) is 24.5. The summed E-state index contributed by atoms with van der Waals surface area (Å²) < 4.78 is 2.78. The lowest BCUT2D eigenvalue weighted by molar-refractivity contribution is -0.384. The molecule has 0 fully saturated rings. The highest BCUT2D eigenvalue weighted by Crippen LogP contribution is 2.28.